The maximum Gasteiger partial charge on any atom is 0.151 e. The summed E-state index contributed by atoms with van der Waals surface area (Å²) in [6, 6.07) is 20.3. The van der Waals surface area contributed by atoms with Crippen molar-refractivity contribution in [3.05, 3.63) is 66.0 Å². The molecule has 0 atom stereocenters. The molecule has 0 saturated heterocycles. The van der Waals surface area contributed by atoms with Crippen molar-refractivity contribution in [1.82, 2.24) is 9.55 Å². The van der Waals surface area contributed by atoms with Gasteiger partial charge in [-0.2, -0.15) is 0 Å². The number of aryl methyl sites for hydroxylation is 1. The van der Waals surface area contributed by atoms with Gasteiger partial charge in [-0.05, 0) is 48.6 Å². The molecule has 0 spiro atoms. The predicted octanol–water partition coefficient (Wildman–Crippen LogP) is 5.63. The Kier molecular flexibility index (Phi) is 5.39. The number of aromatic nitrogens is 2. The van der Waals surface area contributed by atoms with Crippen molar-refractivity contribution in [2.45, 2.75) is 19.4 Å². The third kappa shape index (κ3) is 3.98. The zero-order valence-corrected chi connectivity index (χ0v) is 16.1. The van der Waals surface area contributed by atoms with Crippen molar-refractivity contribution < 1.29 is 9.47 Å². The normalized spacial score (nSPS) is 11.0. The van der Waals surface area contributed by atoms with Gasteiger partial charge in [0, 0.05) is 12.6 Å². The first-order chi connectivity index (χ1) is 13.3. The first kappa shape index (κ1) is 17.6. The zero-order valence-electron chi connectivity index (χ0n) is 15.3. The number of fused-ring (bicyclic) bond motifs is 1. The number of hydrogen-bond acceptors (Lipinski definition) is 4. The Morgan fingerprint density at radius 1 is 0.963 bits per heavy atom. The van der Waals surface area contributed by atoms with Gasteiger partial charge in [-0.3, -0.25) is 0 Å². The highest BCUT2D eigenvalue weighted by Crippen LogP contribution is 2.28. The zero-order chi connectivity index (χ0) is 18.5. The van der Waals surface area contributed by atoms with E-state index in [-0.39, 0.29) is 0 Å². The highest BCUT2D eigenvalue weighted by atomic mass is 32.1. The van der Waals surface area contributed by atoms with Gasteiger partial charge in [0.1, 0.15) is 11.5 Å². The summed E-state index contributed by atoms with van der Waals surface area (Å²) < 4.78 is 13.4. The maximum absolute atomic E-state index is 5.86. The van der Waals surface area contributed by atoms with Crippen LogP contribution in [0.3, 0.4) is 0 Å². The monoisotopic (exact) mass is 378 g/mol. The number of nitrogens with zero attached hydrogens (tertiary/aromatic N) is 2. The minimum Gasteiger partial charge on any atom is -0.497 e. The number of benzene rings is 2. The number of unbranched alkanes of at least 4 members (excludes halogenated alkanes) is 1. The topological polar surface area (TPSA) is 36.3 Å². The summed E-state index contributed by atoms with van der Waals surface area (Å²) >= 11 is 1.73. The Morgan fingerprint density at radius 3 is 2.70 bits per heavy atom. The fourth-order valence-electron chi connectivity index (χ4n) is 3.15. The van der Waals surface area contributed by atoms with E-state index in [1.807, 2.05) is 30.3 Å². The SMILES string of the molecule is COc1cccc(OCCCCn2c(-c3cccs3)nc3ccccc32)c1. The fourth-order valence-corrected chi connectivity index (χ4v) is 3.87. The Morgan fingerprint density at radius 2 is 1.85 bits per heavy atom. The van der Waals surface area contributed by atoms with Crippen LogP contribution < -0.4 is 9.47 Å². The lowest BCUT2D eigenvalue weighted by Crippen LogP contribution is -2.03. The first-order valence-corrected chi connectivity index (χ1v) is 9.99. The molecule has 138 valence electrons. The first-order valence-electron chi connectivity index (χ1n) is 9.11. The molecule has 4 nitrogen and oxygen atoms in total. The molecule has 27 heavy (non-hydrogen) atoms. The molecule has 2 aromatic heterocycles. The summed E-state index contributed by atoms with van der Waals surface area (Å²) in [4.78, 5) is 6.06. The quantitative estimate of drug-likeness (QED) is 0.373. The largest absolute Gasteiger partial charge is 0.497 e. The van der Waals surface area contributed by atoms with E-state index < -0.39 is 0 Å². The summed E-state index contributed by atoms with van der Waals surface area (Å²) in [6.07, 6.45) is 2.01. The predicted molar refractivity (Wildman–Crippen MR) is 111 cm³/mol. The van der Waals surface area contributed by atoms with Gasteiger partial charge < -0.3 is 14.0 Å². The average molecular weight is 378 g/mol. The number of ether oxygens (including phenoxy) is 2. The fraction of sp³-hybridized carbons (Fsp3) is 0.227. The Labute approximate surface area is 163 Å². The van der Waals surface area contributed by atoms with Crippen molar-refractivity contribution in [2.24, 2.45) is 0 Å². The minimum atomic E-state index is 0.689. The van der Waals surface area contributed by atoms with Crippen LogP contribution in [-0.2, 0) is 6.54 Å². The molecule has 0 amide bonds. The summed E-state index contributed by atoms with van der Waals surface area (Å²) in [7, 11) is 1.67. The van der Waals surface area contributed by atoms with Gasteiger partial charge in [-0.25, -0.2) is 4.98 Å². The van der Waals surface area contributed by atoms with Crippen LogP contribution in [0.4, 0.5) is 0 Å². The molecule has 0 saturated carbocycles. The average Bonchev–Trinajstić information content (AvgIpc) is 3.36. The van der Waals surface area contributed by atoms with E-state index in [4.69, 9.17) is 14.5 Å². The van der Waals surface area contributed by atoms with Gasteiger partial charge in [-0.1, -0.05) is 24.3 Å². The number of rotatable bonds is 8. The van der Waals surface area contributed by atoms with E-state index in [2.05, 4.69) is 40.3 Å². The molecule has 0 aliphatic heterocycles. The smallest absolute Gasteiger partial charge is 0.151 e. The molecule has 4 aromatic rings. The molecule has 2 heterocycles. The van der Waals surface area contributed by atoms with Gasteiger partial charge in [0.2, 0.25) is 0 Å². The standard InChI is InChI=1S/C22H22N2O2S/c1-25-17-8-6-9-18(16-17)26-14-5-4-13-24-20-11-3-2-10-19(20)23-22(24)21-12-7-15-27-21/h2-3,6-12,15-16H,4-5,13-14H2,1H3. The van der Waals surface area contributed by atoms with Crippen LogP contribution in [0, 0.1) is 0 Å². The third-order valence-electron chi connectivity index (χ3n) is 4.48. The molecular formula is C22H22N2O2S. The van der Waals surface area contributed by atoms with Crippen LogP contribution in [0.1, 0.15) is 12.8 Å². The molecule has 5 heteroatoms. The van der Waals surface area contributed by atoms with Crippen molar-refractivity contribution in [1.29, 1.82) is 0 Å². The lowest BCUT2D eigenvalue weighted by molar-refractivity contribution is 0.301. The van der Waals surface area contributed by atoms with Gasteiger partial charge in [0.05, 0.1) is 29.6 Å². The highest BCUT2D eigenvalue weighted by molar-refractivity contribution is 7.13. The van der Waals surface area contributed by atoms with E-state index in [1.54, 1.807) is 18.4 Å². The lowest BCUT2D eigenvalue weighted by atomic mass is 10.3. The summed E-state index contributed by atoms with van der Waals surface area (Å²) in [5, 5.41) is 2.10. The van der Waals surface area contributed by atoms with Crippen molar-refractivity contribution in [3.63, 3.8) is 0 Å². The number of thiophene rings is 1. The Balaban J connectivity index is 1.41. The number of imidazole rings is 1. The van der Waals surface area contributed by atoms with Gasteiger partial charge in [-0.15, -0.1) is 11.3 Å². The maximum atomic E-state index is 5.86. The van der Waals surface area contributed by atoms with Crippen LogP contribution >= 0.6 is 11.3 Å². The number of para-hydroxylation sites is 2. The van der Waals surface area contributed by atoms with Crippen LogP contribution in [0.15, 0.2) is 66.0 Å². The highest BCUT2D eigenvalue weighted by Gasteiger charge is 2.12. The molecule has 0 aliphatic rings. The Hall–Kier alpha value is -2.79. The van der Waals surface area contributed by atoms with E-state index in [9.17, 15) is 0 Å². The summed E-state index contributed by atoms with van der Waals surface area (Å²) in [5.74, 6) is 2.72. The molecule has 4 rings (SSSR count). The second kappa shape index (κ2) is 8.27. The summed E-state index contributed by atoms with van der Waals surface area (Å²) in [6.45, 7) is 1.61. The van der Waals surface area contributed by atoms with E-state index in [1.165, 1.54) is 10.4 Å². The van der Waals surface area contributed by atoms with Crippen LogP contribution in [0.2, 0.25) is 0 Å². The molecule has 0 unspecified atom stereocenters. The van der Waals surface area contributed by atoms with Gasteiger partial charge in [0.15, 0.2) is 5.82 Å². The van der Waals surface area contributed by atoms with Crippen molar-refractivity contribution in [2.75, 3.05) is 13.7 Å². The molecular weight excluding hydrogens is 356 g/mol. The van der Waals surface area contributed by atoms with E-state index >= 15 is 0 Å². The number of hydrogen-bond donors (Lipinski definition) is 0. The molecule has 0 N–H and O–H groups in total. The molecule has 0 aliphatic carbocycles. The second-order valence-electron chi connectivity index (χ2n) is 6.29. The van der Waals surface area contributed by atoms with Gasteiger partial charge in [0.25, 0.3) is 0 Å². The molecule has 0 bridgehead atoms. The van der Waals surface area contributed by atoms with Crippen molar-refractivity contribution >= 4 is 22.4 Å². The third-order valence-corrected chi connectivity index (χ3v) is 5.35. The minimum absolute atomic E-state index is 0.689. The summed E-state index contributed by atoms with van der Waals surface area (Å²) in [5.41, 5.74) is 2.24. The van der Waals surface area contributed by atoms with Crippen LogP contribution in [-0.4, -0.2) is 23.3 Å². The van der Waals surface area contributed by atoms with Gasteiger partial charge >= 0.3 is 0 Å². The van der Waals surface area contributed by atoms with E-state index in [0.717, 1.165) is 42.2 Å². The van der Waals surface area contributed by atoms with Crippen molar-refractivity contribution in [3.8, 4) is 22.2 Å². The van der Waals surface area contributed by atoms with Crippen LogP contribution in [0.25, 0.3) is 21.7 Å². The number of methoxy groups -OCH3 is 1. The lowest BCUT2D eigenvalue weighted by Gasteiger charge is -2.10. The Bertz CT molecular complexity index is 1010. The second-order valence-corrected chi connectivity index (χ2v) is 7.24. The van der Waals surface area contributed by atoms with E-state index in [0.29, 0.717) is 6.61 Å². The molecule has 0 radical (unpaired) electrons. The van der Waals surface area contributed by atoms with Crippen LogP contribution in [0.5, 0.6) is 11.5 Å². The molecule has 2 aromatic carbocycles. The molecule has 0 fully saturated rings.